The average molecular weight is 453 g/mol. The number of rotatable bonds is 8. The van der Waals surface area contributed by atoms with Gasteiger partial charge in [-0.1, -0.05) is 23.7 Å². The molecule has 162 valence electrons. The Morgan fingerprint density at radius 1 is 1.12 bits per heavy atom. The summed E-state index contributed by atoms with van der Waals surface area (Å²) in [5, 5.41) is 18.3. The quantitative estimate of drug-likeness (QED) is 0.300. The van der Waals surface area contributed by atoms with Crippen molar-refractivity contribution >= 4 is 28.9 Å². The fraction of sp³-hybridized carbons (Fsp3) is 0.0909. The lowest BCUT2D eigenvalue weighted by Gasteiger charge is -2.04. The first kappa shape index (κ1) is 21.1. The number of nitro groups is 1. The van der Waals surface area contributed by atoms with Crippen LogP contribution in [0.3, 0.4) is 0 Å². The molecule has 0 radical (unpaired) electrons. The SMILES string of the molecule is O=C(Nc1cnn(Cc2ccc(Cl)cc2)c1)c1ccc(COc2ccc([N+](=O)[O-])cc2)o1. The third-order valence-electron chi connectivity index (χ3n) is 4.46. The van der Waals surface area contributed by atoms with Gasteiger partial charge in [-0.2, -0.15) is 5.10 Å². The Bertz CT molecular complexity index is 1230. The zero-order valence-corrected chi connectivity index (χ0v) is 17.4. The van der Waals surface area contributed by atoms with Crippen LogP contribution in [0.15, 0.2) is 77.5 Å². The summed E-state index contributed by atoms with van der Waals surface area (Å²) < 4.78 is 12.8. The summed E-state index contributed by atoms with van der Waals surface area (Å²) in [6, 6.07) is 16.3. The lowest BCUT2D eigenvalue weighted by atomic mass is 10.2. The van der Waals surface area contributed by atoms with Crippen molar-refractivity contribution in [2.75, 3.05) is 5.32 Å². The average Bonchev–Trinajstić information content (AvgIpc) is 3.44. The first-order valence-corrected chi connectivity index (χ1v) is 9.88. The van der Waals surface area contributed by atoms with E-state index in [0.717, 1.165) is 5.56 Å². The molecule has 0 unspecified atom stereocenters. The number of aromatic nitrogens is 2. The van der Waals surface area contributed by atoms with E-state index in [1.54, 1.807) is 29.2 Å². The number of carbonyl (C=O) groups excluding carboxylic acids is 1. The van der Waals surface area contributed by atoms with Gasteiger partial charge in [0.2, 0.25) is 0 Å². The molecule has 0 atom stereocenters. The summed E-state index contributed by atoms with van der Waals surface area (Å²) in [6.07, 6.45) is 3.27. The van der Waals surface area contributed by atoms with E-state index in [4.69, 9.17) is 20.8 Å². The maximum atomic E-state index is 12.4. The molecule has 32 heavy (non-hydrogen) atoms. The van der Waals surface area contributed by atoms with Crippen LogP contribution in [0.4, 0.5) is 11.4 Å². The van der Waals surface area contributed by atoms with Crippen LogP contribution in [0.5, 0.6) is 5.75 Å². The van der Waals surface area contributed by atoms with Crippen LogP contribution in [-0.4, -0.2) is 20.6 Å². The largest absolute Gasteiger partial charge is 0.486 e. The number of carbonyl (C=O) groups is 1. The van der Waals surface area contributed by atoms with E-state index in [1.807, 2.05) is 24.3 Å². The summed E-state index contributed by atoms with van der Waals surface area (Å²) >= 11 is 5.89. The van der Waals surface area contributed by atoms with Gasteiger partial charge in [-0.3, -0.25) is 19.6 Å². The molecule has 0 aliphatic carbocycles. The molecule has 0 saturated carbocycles. The van der Waals surface area contributed by atoms with Crippen molar-refractivity contribution in [1.82, 2.24) is 9.78 Å². The van der Waals surface area contributed by atoms with Gasteiger partial charge >= 0.3 is 0 Å². The fourth-order valence-corrected chi connectivity index (χ4v) is 3.01. The number of nitro benzene ring substituents is 1. The molecule has 4 aromatic rings. The number of ether oxygens (including phenoxy) is 1. The monoisotopic (exact) mass is 452 g/mol. The van der Waals surface area contributed by atoms with Crippen molar-refractivity contribution in [3.05, 3.63) is 105 Å². The molecule has 10 heteroatoms. The molecular weight excluding hydrogens is 436 g/mol. The molecule has 0 aliphatic rings. The molecular formula is C22H17ClN4O5. The summed E-state index contributed by atoms with van der Waals surface area (Å²) in [4.78, 5) is 22.6. The van der Waals surface area contributed by atoms with Gasteiger partial charge in [-0.05, 0) is 42.0 Å². The maximum absolute atomic E-state index is 12.4. The highest BCUT2D eigenvalue weighted by molar-refractivity contribution is 6.30. The van der Waals surface area contributed by atoms with Gasteiger partial charge in [0, 0.05) is 23.4 Å². The van der Waals surface area contributed by atoms with Gasteiger partial charge in [0.15, 0.2) is 5.76 Å². The molecule has 1 N–H and O–H groups in total. The smallest absolute Gasteiger partial charge is 0.291 e. The molecule has 0 fully saturated rings. The molecule has 0 aliphatic heterocycles. The van der Waals surface area contributed by atoms with Crippen molar-refractivity contribution in [2.24, 2.45) is 0 Å². The summed E-state index contributed by atoms with van der Waals surface area (Å²) in [6.45, 7) is 0.613. The van der Waals surface area contributed by atoms with Crippen LogP contribution < -0.4 is 10.1 Å². The van der Waals surface area contributed by atoms with E-state index < -0.39 is 10.8 Å². The highest BCUT2D eigenvalue weighted by Gasteiger charge is 2.13. The van der Waals surface area contributed by atoms with Gasteiger partial charge < -0.3 is 14.5 Å². The van der Waals surface area contributed by atoms with Crippen molar-refractivity contribution in [1.29, 1.82) is 0 Å². The van der Waals surface area contributed by atoms with Crippen LogP contribution in [0.25, 0.3) is 0 Å². The number of anilines is 1. The number of nitrogens with one attached hydrogen (secondary N) is 1. The summed E-state index contributed by atoms with van der Waals surface area (Å²) in [7, 11) is 0. The highest BCUT2D eigenvalue weighted by atomic mass is 35.5. The predicted molar refractivity (Wildman–Crippen MR) is 117 cm³/mol. The molecule has 0 saturated heterocycles. The summed E-state index contributed by atoms with van der Waals surface area (Å²) in [5.74, 6) is 0.591. The van der Waals surface area contributed by atoms with Gasteiger partial charge in [0.05, 0.1) is 23.4 Å². The molecule has 9 nitrogen and oxygen atoms in total. The first-order chi connectivity index (χ1) is 15.5. The number of amides is 1. The Hall–Kier alpha value is -4.11. The fourth-order valence-electron chi connectivity index (χ4n) is 2.88. The Morgan fingerprint density at radius 2 is 1.88 bits per heavy atom. The van der Waals surface area contributed by atoms with Crippen LogP contribution in [-0.2, 0) is 13.2 Å². The van der Waals surface area contributed by atoms with Crippen LogP contribution >= 0.6 is 11.6 Å². The standard InChI is InChI=1S/C22H17ClN4O5/c23-16-3-1-15(2-4-16)12-26-13-17(11-24-26)25-22(28)21-10-9-20(32-21)14-31-19-7-5-18(6-8-19)27(29)30/h1-11,13H,12,14H2,(H,25,28). The van der Waals surface area contributed by atoms with E-state index in [9.17, 15) is 14.9 Å². The zero-order chi connectivity index (χ0) is 22.5. The molecule has 2 aromatic heterocycles. The van der Waals surface area contributed by atoms with E-state index in [0.29, 0.717) is 28.8 Å². The summed E-state index contributed by atoms with van der Waals surface area (Å²) in [5.41, 5.74) is 1.54. The molecule has 1 amide bonds. The second-order valence-electron chi connectivity index (χ2n) is 6.81. The van der Waals surface area contributed by atoms with Gasteiger partial charge in [0.25, 0.3) is 11.6 Å². The zero-order valence-electron chi connectivity index (χ0n) is 16.6. The Labute approximate surface area is 187 Å². The van der Waals surface area contributed by atoms with Crippen molar-refractivity contribution in [2.45, 2.75) is 13.2 Å². The molecule has 2 heterocycles. The van der Waals surface area contributed by atoms with Crippen LogP contribution in [0.2, 0.25) is 5.02 Å². The Balaban J connectivity index is 1.31. The van der Waals surface area contributed by atoms with E-state index >= 15 is 0 Å². The maximum Gasteiger partial charge on any atom is 0.291 e. The number of furan rings is 1. The number of nitrogens with zero attached hydrogens (tertiary/aromatic N) is 3. The number of hydrogen-bond donors (Lipinski definition) is 1. The molecule has 4 rings (SSSR count). The topological polar surface area (TPSA) is 112 Å². The number of hydrogen-bond acceptors (Lipinski definition) is 6. The first-order valence-electron chi connectivity index (χ1n) is 9.50. The molecule has 2 aromatic carbocycles. The van der Waals surface area contributed by atoms with Crippen LogP contribution in [0, 0.1) is 10.1 Å². The normalized spacial score (nSPS) is 10.7. The highest BCUT2D eigenvalue weighted by Crippen LogP contribution is 2.19. The van der Waals surface area contributed by atoms with E-state index in [2.05, 4.69) is 10.4 Å². The second-order valence-corrected chi connectivity index (χ2v) is 7.25. The number of non-ortho nitro benzene ring substituents is 1. The van der Waals surface area contributed by atoms with Crippen LogP contribution in [0.1, 0.15) is 21.9 Å². The lowest BCUT2D eigenvalue weighted by Crippen LogP contribution is -2.10. The molecule has 0 spiro atoms. The number of halogens is 1. The lowest BCUT2D eigenvalue weighted by molar-refractivity contribution is -0.384. The van der Waals surface area contributed by atoms with E-state index in [1.165, 1.54) is 24.3 Å². The van der Waals surface area contributed by atoms with Gasteiger partial charge in [-0.25, -0.2) is 0 Å². The third-order valence-corrected chi connectivity index (χ3v) is 4.71. The van der Waals surface area contributed by atoms with E-state index in [-0.39, 0.29) is 18.1 Å². The minimum Gasteiger partial charge on any atom is -0.486 e. The second kappa shape index (κ2) is 9.36. The molecule has 0 bridgehead atoms. The predicted octanol–water partition coefficient (Wildman–Crippen LogP) is 4.92. The van der Waals surface area contributed by atoms with Gasteiger partial charge in [0.1, 0.15) is 18.1 Å². The van der Waals surface area contributed by atoms with Gasteiger partial charge in [-0.15, -0.1) is 0 Å². The van der Waals surface area contributed by atoms with Crippen molar-refractivity contribution in [3.63, 3.8) is 0 Å². The Kier molecular flexibility index (Phi) is 6.18. The minimum absolute atomic E-state index is 0.0224. The third kappa shape index (κ3) is 5.32. The Morgan fingerprint density at radius 3 is 2.59 bits per heavy atom. The number of benzene rings is 2. The van der Waals surface area contributed by atoms with Crippen molar-refractivity contribution < 1.29 is 18.9 Å². The van der Waals surface area contributed by atoms with Crippen molar-refractivity contribution in [3.8, 4) is 5.75 Å². The minimum atomic E-state index is -0.484.